The van der Waals surface area contributed by atoms with Crippen LogP contribution in [0.15, 0.2) is 0 Å². The number of carbonyl (C=O) groups excluding carboxylic acids is 2. The van der Waals surface area contributed by atoms with E-state index in [2.05, 4.69) is 9.47 Å². The van der Waals surface area contributed by atoms with E-state index in [9.17, 15) is 22.8 Å². The molecule has 0 bridgehead atoms. The molecule has 1 heterocycles. The first-order valence-corrected chi connectivity index (χ1v) is 5.31. The van der Waals surface area contributed by atoms with E-state index in [1.165, 1.54) is 7.11 Å². The van der Waals surface area contributed by atoms with Gasteiger partial charge in [0.05, 0.1) is 13.0 Å². The van der Waals surface area contributed by atoms with E-state index in [1.54, 1.807) is 6.92 Å². The standard InChI is InChI=1S/C10H14F3NO4/c1-6-3-14(4-7(6)8(15)17-2)9(16)18-5-10(11,12)13/h6-7H,3-5H2,1-2H3. The minimum absolute atomic E-state index is 0.0184. The Bertz CT molecular complexity index is 332. The van der Waals surface area contributed by atoms with Gasteiger partial charge in [-0.15, -0.1) is 0 Å². The first-order valence-electron chi connectivity index (χ1n) is 5.31. The van der Waals surface area contributed by atoms with Crippen LogP contribution in [0.25, 0.3) is 0 Å². The zero-order valence-electron chi connectivity index (χ0n) is 9.99. The van der Waals surface area contributed by atoms with Crippen molar-refractivity contribution in [2.45, 2.75) is 13.1 Å². The maximum Gasteiger partial charge on any atom is 0.422 e. The Hall–Kier alpha value is -1.47. The molecule has 2 atom stereocenters. The number of hydrogen-bond donors (Lipinski definition) is 0. The Labute approximate surface area is 102 Å². The molecule has 0 aliphatic carbocycles. The van der Waals surface area contributed by atoms with Crippen LogP contribution in [0.2, 0.25) is 0 Å². The quantitative estimate of drug-likeness (QED) is 0.711. The number of hydrogen-bond acceptors (Lipinski definition) is 4. The molecule has 2 unspecified atom stereocenters. The molecule has 0 radical (unpaired) electrons. The average Bonchev–Trinajstić information content (AvgIpc) is 2.66. The van der Waals surface area contributed by atoms with Crippen LogP contribution in [0, 0.1) is 11.8 Å². The third kappa shape index (κ3) is 3.78. The first kappa shape index (κ1) is 14.6. The molecular formula is C10H14F3NO4. The Morgan fingerprint density at radius 2 is 1.94 bits per heavy atom. The molecule has 1 amide bonds. The van der Waals surface area contributed by atoms with Gasteiger partial charge in [0.2, 0.25) is 0 Å². The van der Waals surface area contributed by atoms with Gasteiger partial charge in [0.1, 0.15) is 0 Å². The van der Waals surface area contributed by atoms with Gasteiger partial charge >= 0.3 is 18.2 Å². The molecule has 0 aromatic heterocycles. The van der Waals surface area contributed by atoms with E-state index in [4.69, 9.17) is 0 Å². The van der Waals surface area contributed by atoms with Crippen molar-refractivity contribution < 1.29 is 32.2 Å². The predicted molar refractivity (Wildman–Crippen MR) is 53.6 cm³/mol. The molecule has 1 aliphatic rings. The number of halogens is 3. The van der Waals surface area contributed by atoms with Gasteiger partial charge in [-0.1, -0.05) is 6.92 Å². The lowest BCUT2D eigenvalue weighted by Gasteiger charge is -2.16. The molecular weight excluding hydrogens is 255 g/mol. The highest BCUT2D eigenvalue weighted by Crippen LogP contribution is 2.25. The SMILES string of the molecule is COC(=O)C1CN(C(=O)OCC(F)(F)F)CC1C. The number of methoxy groups -OCH3 is 1. The van der Waals surface area contributed by atoms with E-state index in [0.29, 0.717) is 0 Å². The highest BCUT2D eigenvalue weighted by Gasteiger charge is 2.39. The molecule has 0 aromatic rings. The van der Waals surface area contributed by atoms with Gasteiger partial charge in [0.25, 0.3) is 0 Å². The molecule has 0 spiro atoms. The Balaban J connectivity index is 2.50. The second-order valence-electron chi connectivity index (χ2n) is 4.18. The zero-order chi connectivity index (χ0) is 13.9. The number of esters is 1. The lowest BCUT2D eigenvalue weighted by molar-refractivity contribution is -0.162. The first-order chi connectivity index (χ1) is 8.24. The van der Waals surface area contributed by atoms with Gasteiger partial charge in [0, 0.05) is 13.1 Å². The summed E-state index contributed by atoms with van der Waals surface area (Å²) < 4.78 is 44.3. The van der Waals surface area contributed by atoms with Crippen molar-refractivity contribution in [2.24, 2.45) is 11.8 Å². The summed E-state index contributed by atoms with van der Waals surface area (Å²) >= 11 is 0. The fourth-order valence-corrected chi connectivity index (χ4v) is 1.81. The third-order valence-corrected chi connectivity index (χ3v) is 2.73. The number of ether oxygens (including phenoxy) is 2. The number of alkyl halides is 3. The highest BCUT2D eigenvalue weighted by molar-refractivity contribution is 5.76. The van der Waals surface area contributed by atoms with Gasteiger partial charge in [-0.3, -0.25) is 4.79 Å². The average molecular weight is 269 g/mol. The Morgan fingerprint density at radius 3 is 2.44 bits per heavy atom. The van der Waals surface area contributed by atoms with E-state index in [1.807, 2.05) is 0 Å². The largest absolute Gasteiger partial charge is 0.469 e. The second-order valence-corrected chi connectivity index (χ2v) is 4.18. The number of likely N-dealkylation sites (tertiary alicyclic amines) is 1. The summed E-state index contributed by atoms with van der Waals surface area (Å²) in [4.78, 5) is 23.8. The van der Waals surface area contributed by atoms with Crippen LogP contribution in [0.4, 0.5) is 18.0 Å². The molecule has 1 saturated heterocycles. The lowest BCUT2D eigenvalue weighted by atomic mass is 9.99. The molecule has 5 nitrogen and oxygen atoms in total. The fraction of sp³-hybridized carbons (Fsp3) is 0.800. The van der Waals surface area contributed by atoms with Crippen LogP contribution >= 0.6 is 0 Å². The summed E-state index contributed by atoms with van der Waals surface area (Å²) in [6.07, 6.45) is -5.62. The minimum Gasteiger partial charge on any atom is -0.469 e. The highest BCUT2D eigenvalue weighted by atomic mass is 19.4. The van der Waals surface area contributed by atoms with Crippen LogP contribution in [-0.4, -0.2) is 49.9 Å². The maximum atomic E-state index is 11.9. The van der Waals surface area contributed by atoms with Gasteiger partial charge in [-0.25, -0.2) is 4.79 Å². The van der Waals surface area contributed by atoms with Gasteiger partial charge < -0.3 is 14.4 Å². The van der Waals surface area contributed by atoms with E-state index < -0.39 is 30.8 Å². The molecule has 0 N–H and O–H groups in total. The minimum atomic E-state index is -4.55. The molecule has 8 heteroatoms. The number of nitrogens with zero attached hydrogens (tertiary/aromatic N) is 1. The third-order valence-electron chi connectivity index (χ3n) is 2.73. The van der Waals surface area contributed by atoms with Crippen molar-refractivity contribution >= 4 is 12.1 Å². The summed E-state index contributed by atoms with van der Waals surface area (Å²) in [7, 11) is 1.22. The zero-order valence-corrected chi connectivity index (χ0v) is 9.99. The normalized spacial score (nSPS) is 23.9. The van der Waals surface area contributed by atoms with E-state index >= 15 is 0 Å². The van der Waals surface area contributed by atoms with Crippen LogP contribution in [0.5, 0.6) is 0 Å². The molecule has 1 fully saturated rings. The number of rotatable bonds is 2. The Morgan fingerprint density at radius 1 is 1.33 bits per heavy atom. The maximum absolute atomic E-state index is 11.9. The van der Waals surface area contributed by atoms with Crippen LogP contribution in [0.3, 0.4) is 0 Å². The molecule has 0 saturated carbocycles. The van der Waals surface area contributed by atoms with Crippen molar-refractivity contribution in [3.05, 3.63) is 0 Å². The van der Waals surface area contributed by atoms with Crippen molar-refractivity contribution in [1.29, 1.82) is 0 Å². The monoisotopic (exact) mass is 269 g/mol. The van der Waals surface area contributed by atoms with Crippen LogP contribution in [-0.2, 0) is 14.3 Å². The molecule has 1 rings (SSSR count). The smallest absolute Gasteiger partial charge is 0.422 e. The summed E-state index contributed by atoms with van der Waals surface area (Å²) in [5.74, 6) is -1.17. The predicted octanol–water partition coefficient (Wildman–Crippen LogP) is 1.43. The molecule has 104 valence electrons. The topological polar surface area (TPSA) is 55.8 Å². The van der Waals surface area contributed by atoms with Crippen molar-refractivity contribution in [3.63, 3.8) is 0 Å². The summed E-state index contributed by atoms with van der Waals surface area (Å²) in [5.41, 5.74) is 0. The molecule has 0 aromatic carbocycles. The number of carbonyl (C=O) groups is 2. The van der Waals surface area contributed by atoms with Crippen molar-refractivity contribution in [2.75, 3.05) is 26.8 Å². The summed E-state index contributed by atoms with van der Waals surface area (Å²) in [6, 6.07) is 0. The van der Waals surface area contributed by atoms with Crippen molar-refractivity contribution in [3.8, 4) is 0 Å². The lowest BCUT2D eigenvalue weighted by Crippen LogP contribution is -2.33. The summed E-state index contributed by atoms with van der Waals surface area (Å²) in [6.45, 7) is 0.291. The second kappa shape index (κ2) is 5.45. The Kier molecular flexibility index (Phi) is 4.42. The number of amides is 1. The van der Waals surface area contributed by atoms with Gasteiger partial charge in [0.15, 0.2) is 6.61 Å². The van der Waals surface area contributed by atoms with Gasteiger partial charge in [-0.05, 0) is 5.92 Å². The van der Waals surface area contributed by atoms with E-state index in [-0.39, 0.29) is 19.0 Å². The van der Waals surface area contributed by atoms with Crippen LogP contribution < -0.4 is 0 Å². The fourth-order valence-electron chi connectivity index (χ4n) is 1.81. The van der Waals surface area contributed by atoms with E-state index in [0.717, 1.165) is 4.90 Å². The van der Waals surface area contributed by atoms with Gasteiger partial charge in [-0.2, -0.15) is 13.2 Å². The summed E-state index contributed by atoms with van der Waals surface area (Å²) in [5, 5.41) is 0. The molecule has 18 heavy (non-hydrogen) atoms. The van der Waals surface area contributed by atoms with Crippen LogP contribution in [0.1, 0.15) is 6.92 Å². The molecule has 1 aliphatic heterocycles. The van der Waals surface area contributed by atoms with Crippen molar-refractivity contribution in [1.82, 2.24) is 4.90 Å².